The van der Waals surface area contributed by atoms with E-state index in [4.69, 9.17) is 5.11 Å². The van der Waals surface area contributed by atoms with Gasteiger partial charge in [0.05, 0.1) is 0 Å². The van der Waals surface area contributed by atoms with Gasteiger partial charge in [0.2, 0.25) is 0 Å². The highest BCUT2D eigenvalue weighted by atomic mass is 32.3. The monoisotopic (exact) mass is 888 g/mol. The summed E-state index contributed by atoms with van der Waals surface area (Å²) >= 11 is 0. The van der Waals surface area contributed by atoms with Crippen LogP contribution in [0.15, 0.2) is 78.9 Å². The highest BCUT2D eigenvalue weighted by Crippen LogP contribution is 2.44. The summed E-state index contributed by atoms with van der Waals surface area (Å²) in [6, 6.07) is 25.2. The standard InChI is InChI=1S/C12H12O.C10H8O.C7H4F12O8S4/c1-2-10-11-6-4-3-5-9(11)7-8-12(10)13;11-10-6-5-8-3-1-2-4-9(8)7-10;8-4(9,10)28(20,21)2(29(22,23)5(11,12)13)1-3(30(24,25)6(14,15)16)31(26,27)7(17,18)19/h3-8,13H,2H2,1H3;1-7,11H;2-3H,1H2. The Morgan fingerprint density at radius 2 is 0.836 bits per heavy atom. The molecule has 0 bridgehead atoms. The number of hydrogen-bond donors (Lipinski definition) is 2. The number of hydrogen-bond acceptors (Lipinski definition) is 10. The number of phenolic OH excluding ortho intramolecular Hbond substituents is 2. The van der Waals surface area contributed by atoms with E-state index in [9.17, 15) is 91.5 Å². The lowest BCUT2D eigenvalue weighted by Crippen LogP contribution is -2.52. The third-order valence-electron chi connectivity index (χ3n) is 7.16. The fourth-order valence-electron chi connectivity index (χ4n) is 4.47. The number of aryl methyl sites for hydroxylation is 1. The van der Waals surface area contributed by atoms with Gasteiger partial charge >= 0.3 is 22.0 Å². The topological polar surface area (TPSA) is 177 Å². The molecule has 0 heterocycles. The van der Waals surface area contributed by atoms with Crippen molar-refractivity contribution in [3.05, 3.63) is 84.4 Å². The Balaban J connectivity index is 0.000000346. The maximum absolute atomic E-state index is 12.6. The molecule has 0 spiro atoms. The van der Waals surface area contributed by atoms with Gasteiger partial charge in [0, 0.05) is 12.0 Å². The summed E-state index contributed by atoms with van der Waals surface area (Å²) < 4.78 is 229. The minimum atomic E-state index is -7.96. The molecular weight excluding hydrogens is 865 g/mol. The van der Waals surface area contributed by atoms with E-state index in [-0.39, 0.29) is 0 Å². The summed E-state index contributed by atoms with van der Waals surface area (Å²) in [6.45, 7) is 2.06. The second kappa shape index (κ2) is 16.2. The molecule has 0 aromatic heterocycles. The molecule has 55 heavy (non-hydrogen) atoms. The van der Waals surface area contributed by atoms with E-state index in [0.29, 0.717) is 11.5 Å². The van der Waals surface area contributed by atoms with Gasteiger partial charge in [-0.3, -0.25) is 0 Å². The van der Waals surface area contributed by atoms with Gasteiger partial charge in [-0.1, -0.05) is 67.6 Å². The van der Waals surface area contributed by atoms with Gasteiger partial charge in [0.1, 0.15) is 11.5 Å². The first-order valence-electron chi connectivity index (χ1n) is 14.2. The molecule has 4 aromatic carbocycles. The van der Waals surface area contributed by atoms with E-state index < -0.39 is 77.0 Å². The van der Waals surface area contributed by atoms with Crippen LogP contribution in [0.2, 0.25) is 0 Å². The van der Waals surface area contributed by atoms with Gasteiger partial charge in [-0.2, -0.15) is 52.7 Å². The molecule has 0 saturated carbocycles. The Morgan fingerprint density at radius 3 is 1.22 bits per heavy atom. The number of halogens is 12. The van der Waals surface area contributed by atoms with Gasteiger partial charge in [0.15, 0.2) is 9.16 Å². The number of sulfone groups is 4. The molecule has 0 atom stereocenters. The van der Waals surface area contributed by atoms with Crippen molar-refractivity contribution in [2.75, 3.05) is 0 Å². The van der Waals surface area contributed by atoms with Crippen LogP contribution < -0.4 is 0 Å². The molecule has 0 radical (unpaired) electrons. The third-order valence-corrected chi connectivity index (χ3v) is 16.3. The van der Waals surface area contributed by atoms with Crippen LogP contribution in [0.1, 0.15) is 18.9 Å². The van der Waals surface area contributed by atoms with Gasteiger partial charge in [-0.25, -0.2) is 33.7 Å². The second-order valence-corrected chi connectivity index (χ2v) is 19.8. The molecule has 308 valence electrons. The average Bonchev–Trinajstić information content (AvgIpc) is 3.03. The summed E-state index contributed by atoms with van der Waals surface area (Å²) in [5, 5.41) is 23.3. The quantitative estimate of drug-likeness (QED) is 0.178. The van der Waals surface area contributed by atoms with E-state index in [1.807, 2.05) is 54.6 Å². The molecule has 2 N–H and O–H groups in total. The minimum Gasteiger partial charge on any atom is -0.508 e. The van der Waals surface area contributed by atoms with Crippen molar-refractivity contribution in [2.45, 2.75) is 51.0 Å². The van der Waals surface area contributed by atoms with Crippen LogP contribution in [0.25, 0.3) is 21.5 Å². The second-order valence-electron chi connectivity index (χ2n) is 10.7. The van der Waals surface area contributed by atoms with Crippen molar-refractivity contribution in [2.24, 2.45) is 0 Å². The lowest BCUT2D eigenvalue weighted by molar-refractivity contribution is -0.0475. The van der Waals surface area contributed by atoms with E-state index in [1.54, 1.807) is 18.2 Å². The first-order valence-corrected chi connectivity index (χ1v) is 20.4. The van der Waals surface area contributed by atoms with E-state index in [1.165, 1.54) is 5.39 Å². The number of phenols is 2. The Morgan fingerprint density at radius 1 is 0.491 bits per heavy atom. The minimum absolute atomic E-state index is 0.323. The van der Waals surface area contributed by atoms with Crippen LogP contribution in [0.4, 0.5) is 52.7 Å². The van der Waals surface area contributed by atoms with Gasteiger partial charge in [0.25, 0.3) is 39.3 Å². The van der Waals surface area contributed by atoms with E-state index in [2.05, 4.69) is 13.0 Å². The molecule has 0 fully saturated rings. The smallest absolute Gasteiger partial charge is 0.498 e. The lowest BCUT2D eigenvalue weighted by atomic mass is 10.0. The molecule has 4 aromatic rings. The molecule has 0 unspecified atom stereocenters. The first-order chi connectivity index (χ1) is 24.7. The third kappa shape index (κ3) is 10.2. The number of aromatic hydroxyl groups is 2. The number of rotatable bonds is 7. The van der Waals surface area contributed by atoms with Crippen LogP contribution in [-0.4, -0.2) is 75.1 Å². The number of benzene rings is 4. The molecular formula is C29H24F12O10S4. The van der Waals surface area contributed by atoms with Gasteiger partial charge in [-0.15, -0.1) is 0 Å². The largest absolute Gasteiger partial charge is 0.508 e. The zero-order valence-corrected chi connectivity index (χ0v) is 30.2. The Labute approximate surface area is 303 Å². The summed E-state index contributed by atoms with van der Waals surface area (Å²) in [4.78, 5) is 0. The van der Waals surface area contributed by atoms with Crippen LogP contribution in [0.5, 0.6) is 11.5 Å². The fourth-order valence-corrected chi connectivity index (χ4v) is 11.9. The molecule has 10 nitrogen and oxygen atoms in total. The Bertz CT molecular complexity index is 2260. The molecule has 26 heteroatoms. The SMILES string of the molecule is CCc1c(O)ccc2ccccc12.O=S(=O)(C(CC(S(=O)(=O)C(F)(F)F)S(=O)(=O)C(F)(F)F)S(=O)(=O)C(F)(F)F)C(F)(F)F.Oc1ccc2ccccc2c1. The van der Waals surface area contributed by atoms with Crippen LogP contribution >= 0.6 is 0 Å². The molecule has 0 aliphatic heterocycles. The van der Waals surface area contributed by atoms with Crippen molar-refractivity contribution in [3.8, 4) is 11.5 Å². The Hall–Kier alpha value is -4.04. The number of alkyl halides is 12. The van der Waals surface area contributed by atoms with Crippen molar-refractivity contribution >= 4 is 60.9 Å². The first kappa shape index (κ1) is 47.1. The predicted octanol–water partition coefficient (Wildman–Crippen LogP) is 7.42. The fraction of sp³-hybridized carbons (Fsp3) is 0.310. The normalized spacial score (nSPS) is 13.7. The zero-order chi connectivity index (χ0) is 42.8. The molecule has 0 amide bonds. The van der Waals surface area contributed by atoms with Crippen molar-refractivity contribution in [3.63, 3.8) is 0 Å². The number of fused-ring (bicyclic) bond motifs is 2. The van der Waals surface area contributed by atoms with Gasteiger partial charge in [-0.05, 0) is 46.2 Å². The highest BCUT2D eigenvalue weighted by Gasteiger charge is 2.69. The van der Waals surface area contributed by atoms with E-state index in [0.717, 1.165) is 28.1 Å². The van der Waals surface area contributed by atoms with Gasteiger partial charge < -0.3 is 10.2 Å². The Kier molecular flexibility index (Phi) is 13.9. The summed E-state index contributed by atoms with van der Waals surface area (Å²) in [5.74, 6) is 0.727. The van der Waals surface area contributed by atoms with Crippen molar-refractivity contribution in [1.82, 2.24) is 0 Å². The van der Waals surface area contributed by atoms with Crippen molar-refractivity contribution in [1.29, 1.82) is 0 Å². The molecule has 4 rings (SSSR count). The summed E-state index contributed by atoms with van der Waals surface area (Å²) in [7, 11) is -31.8. The maximum Gasteiger partial charge on any atom is 0.498 e. The van der Waals surface area contributed by atoms with E-state index >= 15 is 0 Å². The highest BCUT2D eigenvalue weighted by molar-refractivity contribution is 8.11. The molecule has 0 aliphatic carbocycles. The average molecular weight is 889 g/mol. The van der Waals surface area contributed by atoms with Crippen LogP contribution in [0, 0.1) is 0 Å². The zero-order valence-electron chi connectivity index (χ0n) is 26.9. The van der Waals surface area contributed by atoms with Crippen molar-refractivity contribution < 1.29 is 96.6 Å². The van der Waals surface area contributed by atoms with Crippen LogP contribution in [0.3, 0.4) is 0 Å². The summed E-state index contributed by atoms with van der Waals surface area (Å²) in [5.41, 5.74) is -27.4. The summed E-state index contributed by atoms with van der Waals surface area (Å²) in [6.07, 6.45) is -3.10. The molecule has 0 aliphatic rings. The molecule has 0 saturated heterocycles. The maximum atomic E-state index is 12.6. The van der Waals surface area contributed by atoms with Crippen LogP contribution in [-0.2, 0) is 45.8 Å². The predicted molar refractivity (Wildman–Crippen MR) is 173 cm³/mol. The lowest BCUT2D eigenvalue weighted by Gasteiger charge is -2.26.